The van der Waals surface area contributed by atoms with Gasteiger partial charge in [0.15, 0.2) is 11.0 Å². The third-order valence-electron chi connectivity index (χ3n) is 8.85. The molecule has 45 heavy (non-hydrogen) atoms. The number of alkyl carbamates (subject to hydrolysis) is 1. The fourth-order valence-electron chi connectivity index (χ4n) is 6.24. The summed E-state index contributed by atoms with van der Waals surface area (Å²) in [6, 6.07) is 9.49. The standard InChI is InChI=1S/C32H47N5O7S/c1-30(2,3)35-29(41)44-25-17-12-7-5-6-11-16-24-22-32(24,45(42,43)36(4)21-18-23-14-9-8-10-15-23)34-28(40)31(27(33)39)19-13-20-37(31)26(25)38/h8-11,14-16,24-25H,5-7,12-13,17-22H2,1-4H3,(H2,33,39)(H,34,40)(H,35,41)/t24-,25+,31+,32-/m1/s1. The van der Waals surface area contributed by atoms with Gasteiger partial charge in [-0.15, -0.1) is 0 Å². The number of primary amides is 1. The Hall–Kier alpha value is -3.45. The molecule has 1 aromatic rings. The number of hydrogen-bond acceptors (Lipinski definition) is 7. The van der Waals surface area contributed by atoms with Crippen LogP contribution >= 0.6 is 0 Å². The van der Waals surface area contributed by atoms with Crippen LogP contribution in [0.3, 0.4) is 0 Å². The molecule has 248 valence electrons. The smallest absolute Gasteiger partial charge is 0.408 e. The molecule has 2 aliphatic heterocycles. The summed E-state index contributed by atoms with van der Waals surface area (Å²) >= 11 is 0. The highest BCUT2D eigenvalue weighted by Crippen LogP contribution is 2.51. The minimum atomic E-state index is -4.12. The lowest BCUT2D eigenvalue weighted by atomic mass is 9.92. The largest absolute Gasteiger partial charge is 0.436 e. The molecule has 4 amide bonds. The zero-order valence-corrected chi connectivity index (χ0v) is 27.5. The molecule has 4 atom stereocenters. The number of nitrogens with one attached hydrogen (secondary N) is 2. The van der Waals surface area contributed by atoms with Gasteiger partial charge in [-0.25, -0.2) is 17.5 Å². The molecule has 4 N–H and O–H groups in total. The van der Waals surface area contributed by atoms with E-state index in [1.807, 2.05) is 42.5 Å². The van der Waals surface area contributed by atoms with E-state index in [0.717, 1.165) is 23.3 Å². The average Bonchev–Trinajstić information content (AvgIpc) is 3.47. The van der Waals surface area contributed by atoms with Crippen LogP contribution in [-0.2, 0) is 35.6 Å². The number of allylic oxidation sites excluding steroid dienone is 1. The van der Waals surface area contributed by atoms with Gasteiger partial charge in [-0.1, -0.05) is 48.9 Å². The van der Waals surface area contributed by atoms with Gasteiger partial charge in [-0.05, 0) is 77.7 Å². The van der Waals surface area contributed by atoms with Crippen molar-refractivity contribution in [3.63, 3.8) is 0 Å². The summed E-state index contributed by atoms with van der Waals surface area (Å²) in [6.07, 6.45) is 5.41. The number of nitrogens with two attached hydrogens (primary N) is 1. The molecule has 0 radical (unpaired) electrons. The number of hydrogen-bond donors (Lipinski definition) is 3. The highest BCUT2D eigenvalue weighted by molar-refractivity contribution is 7.90. The van der Waals surface area contributed by atoms with Gasteiger partial charge in [-0.2, -0.15) is 0 Å². The Balaban J connectivity index is 1.66. The molecule has 1 aromatic carbocycles. The van der Waals surface area contributed by atoms with Crippen LogP contribution in [0.15, 0.2) is 42.5 Å². The van der Waals surface area contributed by atoms with Gasteiger partial charge in [0, 0.05) is 31.6 Å². The molecule has 0 unspecified atom stereocenters. The molecule has 1 saturated carbocycles. The number of rotatable bonds is 7. The third kappa shape index (κ3) is 7.35. The maximum absolute atomic E-state index is 14.2. The summed E-state index contributed by atoms with van der Waals surface area (Å²) in [6.45, 7) is 5.53. The zero-order valence-electron chi connectivity index (χ0n) is 26.7. The van der Waals surface area contributed by atoms with Crippen molar-refractivity contribution < 1.29 is 32.3 Å². The van der Waals surface area contributed by atoms with E-state index < -0.39 is 61.8 Å². The minimum absolute atomic E-state index is 0.0238. The van der Waals surface area contributed by atoms with E-state index in [9.17, 15) is 27.6 Å². The second-order valence-electron chi connectivity index (χ2n) is 13.4. The topological polar surface area (TPSA) is 168 Å². The molecular formula is C32H47N5O7S. The number of amides is 4. The van der Waals surface area contributed by atoms with Crippen LogP contribution in [0.25, 0.3) is 0 Å². The van der Waals surface area contributed by atoms with E-state index in [1.165, 1.54) is 11.4 Å². The van der Waals surface area contributed by atoms with E-state index in [1.54, 1.807) is 20.8 Å². The second kappa shape index (κ2) is 13.5. The van der Waals surface area contributed by atoms with Gasteiger partial charge in [-0.3, -0.25) is 14.4 Å². The van der Waals surface area contributed by atoms with Crippen molar-refractivity contribution >= 4 is 33.8 Å². The molecule has 13 heteroatoms. The van der Waals surface area contributed by atoms with Crippen molar-refractivity contribution in [2.75, 3.05) is 20.1 Å². The Morgan fingerprint density at radius 2 is 1.84 bits per heavy atom. The summed E-state index contributed by atoms with van der Waals surface area (Å²) in [7, 11) is -2.64. The monoisotopic (exact) mass is 645 g/mol. The number of benzene rings is 1. The van der Waals surface area contributed by atoms with Gasteiger partial charge in [0.2, 0.25) is 15.6 Å². The van der Waals surface area contributed by atoms with Crippen LogP contribution in [0.5, 0.6) is 0 Å². The maximum Gasteiger partial charge on any atom is 0.408 e. The molecule has 0 bridgehead atoms. The Kier molecular flexibility index (Phi) is 10.3. The Labute approximate surface area is 266 Å². The van der Waals surface area contributed by atoms with Crippen LogP contribution in [0.4, 0.5) is 4.79 Å². The Morgan fingerprint density at radius 3 is 2.51 bits per heavy atom. The van der Waals surface area contributed by atoms with Gasteiger partial charge in [0.25, 0.3) is 17.7 Å². The van der Waals surface area contributed by atoms with Gasteiger partial charge < -0.3 is 26.0 Å². The molecule has 4 rings (SSSR count). The van der Waals surface area contributed by atoms with Crippen LogP contribution in [0.1, 0.15) is 77.7 Å². The van der Waals surface area contributed by atoms with Gasteiger partial charge in [0.1, 0.15) is 0 Å². The van der Waals surface area contributed by atoms with Crippen molar-refractivity contribution in [1.82, 2.24) is 19.8 Å². The Bertz CT molecular complexity index is 1410. The number of fused-ring (bicyclic) bond motifs is 2. The van der Waals surface area contributed by atoms with Crippen molar-refractivity contribution in [2.45, 2.75) is 101 Å². The van der Waals surface area contributed by atoms with Crippen LogP contribution < -0.4 is 16.4 Å². The number of ether oxygens (including phenoxy) is 1. The van der Waals surface area contributed by atoms with E-state index in [-0.39, 0.29) is 38.8 Å². The SMILES string of the molecule is CN(CCc1ccccc1)S(=O)(=O)[C@]12C[C@H]1C=CCCCCC[C@H](OC(=O)NC(C)(C)C)C(=O)N1CCC[C@]1(C(N)=O)C(=O)N2. The summed E-state index contributed by atoms with van der Waals surface area (Å²) in [4.78, 5) is 53.5. The second-order valence-corrected chi connectivity index (χ2v) is 15.7. The number of carbonyl (C=O) groups is 4. The lowest BCUT2D eigenvalue weighted by Crippen LogP contribution is -2.68. The lowest BCUT2D eigenvalue weighted by Gasteiger charge is -2.38. The van der Waals surface area contributed by atoms with E-state index in [0.29, 0.717) is 19.3 Å². The molecule has 1 aliphatic carbocycles. The first kappa shape index (κ1) is 34.4. The molecule has 0 aromatic heterocycles. The normalized spacial score (nSPS) is 27.9. The molecule has 2 fully saturated rings. The van der Waals surface area contributed by atoms with Crippen molar-refractivity contribution in [3.8, 4) is 0 Å². The molecule has 3 aliphatic rings. The molecule has 12 nitrogen and oxygen atoms in total. The van der Waals surface area contributed by atoms with Crippen molar-refractivity contribution in [2.24, 2.45) is 11.7 Å². The first-order chi connectivity index (χ1) is 21.1. The lowest BCUT2D eigenvalue weighted by molar-refractivity contribution is -0.157. The number of likely N-dealkylation sites (N-methyl/N-ethyl adjacent to an activating group) is 1. The van der Waals surface area contributed by atoms with E-state index in [2.05, 4.69) is 10.6 Å². The van der Waals surface area contributed by atoms with Gasteiger partial charge in [0.05, 0.1) is 0 Å². The fraction of sp³-hybridized carbons (Fsp3) is 0.625. The highest BCUT2D eigenvalue weighted by atomic mass is 32.2. The van der Waals surface area contributed by atoms with E-state index in [4.69, 9.17) is 10.5 Å². The van der Waals surface area contributed by atoms with Gasteiger partial charge >= 0.3 is 6.09 Å². The zero-order chi connectivity index (χ0) is 33.0. The predicted molar refractivity (Wildman–Crippen MR) is 169 cm³/mol. The number of sulfonamides is 1. The van der Waals surface area contributed by atoms with Crippen LogP contribution in [-0.4, -0.2) is 83.6 Å². The van der Waals surface area contributed by atoms with Crippen LogP contribution in [0, 0.1) is 5.92 Å². The minimum Gasteiger partial charge on any atom is -0.436 e. The summed E-state index contributed by atoms with van der Waals surface area (Å²) in [5.41, 5.74) is 4.09. The fourth-order valence-corrected chi connectivity index (χ4v) is 8.20. The summed E-state index contributed by atoms with van der Waals surface area (Å²) in [5, 5.41) is 5.40. The molecule has 1 saturated heterocycles. The van der Waals surface area contributed by atoms with Crippen molar-refractivity contribution in [3.05, 3.63) is 48.0 Å². The third-order valence-corrected chi connectivity index (χ3v) is 11.3. The first-order valence-corrected chi connectivity index (χ1v) is 17.2. The molecule has 0 spiro atoms. The summed E-state index contributed by atoms with van der Waals surface area (Å²) in [5.74, 6) is -3.23. The summed E-state index contributed by atoms with van der Waals surface area (Å²) < 4.78 is 35.1. The van der Waals surface area contributed by atoms with E-state index >= 15 is 0 Å². The highest BCUT2D eigenvalue weighted by Gasteiger charge is 2.67. The van der Waals surface area contributed by atoms with Crippen molar-refractivity contribution in [1.29, 1.82) is 0 Å². The number of carbonyl (C=O) groups excluding carboxylic acids is 4. The Morgan fingerprint density at radius 1 is 1.13 bits per heavy atom. The maximum atomic E-state index is 14.2. The number of nitrogens with zero attached hydrogens (tertiary/aromatic N) is 2. The quantitative estimate of drug-likeness (QED) is 0.303. The molecule has 2 heterocycles. The van der Waals surface area contributed by atoms with Crippen LogP contribution in [0.2, 0.25) is 0 Å². The molecular weight excluding hydrogens is 598 g/mol. The predicted octanol–water partition coefficient (Wildman–Crippen LogP) is 2.58. The average molecular weight is 646 g/mol. The first-order valence-electron chi connectivity index (χ1n) is 15.7.